The number of ether oxygens (including phenoxy) is 1. The summed E-state index contributed by atoms with van der Waals surface area (Å²) in [5, 5.41) is 20.1. The molecule has 8 heteroatoms. The van der Waals surface area contributed by atoms with E-state index >= 15 is 0 Å². The molecule has 28 heavy (non-hydrogen) atoms. The third-order valence-corrected chi connectivity index (χ3v) is 4.09. The van der Waals surface area contributed by atoms with Crippen LogP contribution in [0.2, 0.25) is 5.02 Å². The molecule has 1 N–H and O–H groups in total. The average Bonchev–Trinajstić information content (AvgIpc) is 2.70. The highest BCUT2D eigenvalue weighted by Gasteiger charge is 2.18. The zero-order chi connectivity index (χ0) is 20.3. The van der Waals surface area contributed by atoms with E-state index in [1.165, 1.54) is 49.6 Å². The first kappa shape index (κ1) is 19.3. The minimum Gasteiger partial charge on any atom is -0.505 e. The minimum atomic E-state index is -0.619. The Labute approximate surface area is 164 Å². The van der Waals surface area contributed by atoms with Gasteiger partial charge in [0, 0.05) is 11.6 Å². The molecule has 0 radical (unpaired) electrons. The molecule has 2 aromatic carbocycles. The van der Waals surface area contributed by atoms with Crippen LogP contribution >= 0.6 is 11.6 Å². The van der Waals surface area contributed by atoms with Gasteiger partial charge in [-0.25, -0.2) is 18.8 Å². The zero-order valence-corrected chi connectivity index (χ0v) is 15.2. The summed E-state index contributed by atoms with van der Waals surface area (Å²) in [5.41, 5.74) is 0.621. The standard InChI is InChI=1S/C20H12ClF2N3O2/c1-28-18-9-14(17(10-24)25-13-6-7-16(23)15(21)8-13)20(27)19(26-18)11-2-4-12(22)5-3-11/h2-9,27H,1H3. The first-order valence-corrected chi connectivity index (χ1v) is 8.29. The fourth-order valence-corrected chi connectivity index (χ4v) is 2.61. The number of benzene rings is 2. The zero-order valence-electron chi connectivity index (χ0n) is 14.4. The first-order chi connectivity index (χ1) is 13.4. The predicted molar refractivity (Wildman–Crippen MR) is 101 cm³/mol. The van der Waals surface area contributed by atoms with Crippen molar-refractivity contribution in [3.63, 3.8) is 0 Å². The summed E-state index contributed by atoms with van der Waals surface area (Å²) >= 11 is 5.75. The van der Waals surface area contributed by atoms with E-state index < -0.39 is 11.6 Å². The maximum atomic E-state index is 13.3. The molecule has 140 valence electrons. The Morgan fingerprint density at radius 1 is 1.18 bits per heavy atom. The van der Waals surface area contributed by atoms with E-state index in [0.717, 1.165) is 6.07 Å². The van der Waals surface area contributed by atoms with Gasteiger partial charge in [-0.15, -0.1) is 0 Å². The summed E-state index contributed by atoms with van der Waals surface area (Å²) in [6, 6.07) is 12.3. The molecule has 3 aromatic rings. The molecule has 1 aromatic heterocycles. The maximum absolute atomic E-state index is 13.3. The van der Waals surface area contributed by atoms with Crippen LogP contribution in [-0.4, -0.2) is 22.9 Å². The minimum absolute atomic E-state index is 0.0501. The van der Waals surface area contributed by atoms with Crippen LogP contribution < -0.4 is 4.74 Å². The Hall–Kier alpha value is -3.50. The summed E-state index contributed by atoms with van der Waals surface area (Å²) < 4.78 is 31.7. The summed E-state index contributed by atoms with van der Waals surface area (Å²) in [6.07, 6.45) is 0. The van der Waals surface area contributed by atoms with Gasteiger partial charge < -0.3 is 9.84 Å². The van der Waals surface area contributed by atoms with Gasteiger partial charge in [-0.2, -0.15) is 5.26 Å². The number of methoxy groups -OCH3 is 1. The average molecular weight is 400 g/mol. The van der Waals surface area contributed by atoms with Gasteiger partial charge >= 0.3 is 0 Å². The number of aromatic nitrogens is 1. The topological polar surface area (TPSA) is 78.5 Å². The summed E-state index contributed by atoms with van der Waals surface area (Å²) in [5.74, 6) is -1.28. The van der Waals surface area contributed by atoms with Crippen molar-refractivity contribution in [1.82, 2.24) is 4.98 Å². The lowest BCUT2D eigenvalue weighted by molar-refractivity contribution is 0.395. The van der Waals surface area contributed by atoms with Crippen molar-refractivity contribution in [3.8, 4) is 29.0 Å². The molecule has 0 unspecified atom stereocenters. The van der Waals surface area contributed by atoms with Crippen LogP contribution in [0, 0.1) is 23.0 Å². The normalized spacial score (nSPS) is 11.2. The van der Waals surface area contributed by atoms with Crippen molar-refractivity contribution >= 4 is 23.0 Å². The van der Waals surface area contributed by atoms with Crippen LogP contribution in [0.25, 0.3) is 11.3 Å². The number of nitriles is 1. The van der Waals surface area contributed by atoms with E-state index in [0.29, 0.717) is 5.56 Å². The molecule has 0 spiro atoms. The van der Waals surface area contributed by atoms with Gasteiger partial charge in [-0.3, -0.25) is 0 Å². The molecule has 0 aliphatic heterocycles. The van der Waals surface area contributed by atoms with E-state index in [1.54, 1.807) is 0 Å². The van der Waals surface area contributed by atoms with Gasteiger partial charge in [0.05, 0.1) is 23.4 Å². The largest absolute Gasteiger partial charge is 0.505 e. The summed E-state index contributed by atoms with van der Waals surface area (Å²) in [4.78, 5) is 8.31. The summed E-state index contributed by atoms with van der Waals surface area (Å²) in [6.45, 7) is 0. The fraction of sp³-hybridized carbons (Fsp3) is 0.0500. The molecule has 0 saturated heterocycles. The number of hydrogen-bond donors (Lipinski definition) is 1. The highest BCUT2D eigenvalue weighted by atomic mass is 35.5. The monoisotopic (exact) mass is 399 g/mol. The highest BCUT2D eigenvalue weighted by Crippen LogP contribution is 2.34. The second kappa shape index (κ2) is 8.03. The number of halogens is 3. The van der Waals surface area contributed by atoms with Crippen molar-refractivity contribution in [1.29, 1.82) is 5.26 Å². The van der Waals surface area contributed by atoms with Crippen molar-refractivity contribution in [3.05, 3.63) is 70.8 Å². The first-order valence-electron chi connectivity index (χ1n) is 7.91. The van der Waals surface area contributed by atoms with Crippen LogP contribution in [0.1, 0.15) is 5.56 Å². The number of hydrogen-bond acceptors (Lipinski definition) is 5. The van der Waals surface area contributed by atoms with Gasteiger partial charge in [-0.05, 0) is 42.5 Å². The highest BCUT2D eigenvalue weighted by molar-refractivity contribution is 6.31. The fourth-order valence-electron chi connectivity index (χ4n) is 2.44. The van der Waals surface area contributed by atoms with E-state index in [9.17, 15) is 19.1 Å². The van der Waals surface area contributed by atoms with Crippen LogP contribution in [-0.2, 0) is 0 Å². The van der Waals surface area contributed by atoms with E-state index in [2.05, 4.69) is 9.98 Å². The molecule has 0 aliphatic carbocycles. The lowest BCUT2D eigenvalue weighted by Gasteiger charge is -2.11. The van der Waals surface area contributed by atoms with Gasteiger partial charge in [-0.1, -0.05) is 11.6 Å². The molecule has 3 rings (SSSR count). The second-order valence-electron chi connectivity index (χ2n) is 5.59. The second-order valence-corrected chi connectivity index (χ2v) is 5.99. The third kappa shape index (κ3) is 3.92. The van der Waals surface area contributed by atoms with Crippen LogP contribution in [0.4, 0.5) is 14.5 Å². The SMILES string of the molecule is COc1cc(C(C#N)=Nc2ccc(F)c(Cl)c2)c(O)c(-c2ccc(F)cc2)n1. The van der Waals surface area contributed by atoms with Crippen molar-refractivity contribution in [2.75, 3.05) is 7.11 Å². The van der Waals surface area contributed by atoms with Gasteiger partial charge in [0.25, 0.3) is 0 Å². The Kier molecular flexibility index (Phi) is 5.52. The number of aromatic hydroxyl groups is 1. The van der Waals surface area contributed by atoms with Gasteiger partial charge in [0.1, 0.15) is 23.4 Å². The van der Waals surface area contributed by atoms with Crippen molar-refractivity contribution in [2.45, 2.75) is 0 Å². The van der Waals surface area contributed by atoms with E-state index in [-0.39, 0.29) is 39.3 Å². The van der Waals surface area contributed by atoms with E-state index in [4.69, 9.17) is 16.3 Å². The third-order valence-electron chi connectivity index (χ3n) is 3.80. The number of nitrogens with zero attached hydrogens (tertiary/aromatic N) is 3. The smallest absolute Gasteiger partial charge is 0.214 e. The van der Waals surface area contributed by atoms with Gasteiger partial charge in [0.15, 0.2) is 11.5 Å². The Morgan fingerprint density at radius 3 is 2.50 bits per heavy atom. The molecule has 0 bridgehead atoms. The maximum Gasteiger partial charge on any atom is 0.214 e. The Bertz CT molecular complexity index is 1110. The number of pyridine rings is 1. The molecule has 0 saturated carbocycles. The van der Waals surface area contributed by atoms with Crippen molar-refractivity contribution < 1.29 is 18.6 Å². The van der Waals surface area contributed by atoms with E-state index in [1.807, 2.05) is 6.07 Å². The molecule has 0 atom stereocenters. The molecule has 5 nitrogen and oxygen atoms in total. The number of rotatable bonds is 4. The molecule has 0 amide bonds. The molecular formula is C20H12ClF2N3O2. The van der Waals surface area contributed by atoms with Crippen molar-refractivity contribution in [2.24, 2.45) is 4.99 Å². The quantitative estimate of drug-likeness (QED) is 0.623. The Balaban J connectivity index is 2.17. The molecule has 0 aliphatic rings. The lowest BCUT2D eigenvalue weighted by Crippen LogP contribution is -2.02. The van der Waals surface area contributed by atoms with Gasteiger partial charge in [0.2, 0.25) is 5.88 Å². The number of aliphatic imine (C=N–C) groups is 1. The lowest BCUT2D eigenvalue weighted by atomic mass is 10.0. The predicted octanol–water partition coefficient (Wildman–Crippen LogP) is 5.04. The van der Waals surface area contributed by atoms with Crippen LogP contribution in [0.15, 0.2) is 53.5 Å². The molecule has 0 fully saturated rings. The van der Waals surface area contributed by atoms with Crippen LogP contribution in [0.5, 0.6) is 11.6 Å². The molecule has 1 heterocycles. The van der Waals surface area contributed by atoms with Crippen LogP contribution in [0.3, 0.4) is 0 Å². The molecular weight excluding hydrogens is 388 g/mol. The Morgan fingerprint density at radius 2 is 1.89 bits per heavy atom. The summed E-state index contributed by atoms with van der Waals surface area (Å²) in [7, 11) is 1.38.